The number of alkyl halides is 5. The Morgan fingerprint density at radius 2 is 1.51 bits per heavy atom. The largest absolute Gasteiger partial charge is 0.417 e. The average Bonchev–Trinajstić information content (AvgIpc) is 3.39. The molecule has 0 heterocycles. The summed E-state index contributed by atoms with van der Waals surface area (Å²) < 4.78 is 66.0. The number of amides is 2. The number of carbonyl (C=O) groups is 2. The minimum absolute atomic E-state index is 0.0957. The molecule has 2 unspecified atom stereocenters. The number of hydrogen-bond donors (Lipinski definition) is 2. The SMILES string of the molecule is O=C(Nc1ccc(F)cc1)c1cc(NC(=O)C2C(c3ccc(F)c(Cl)c3)C2(Cl)Cl)cc(C(F)(F)F)c1Cl. The Balaban J connectivity index is 1.63. The van der Waals surface area contributed by atoms with Gasteiger partial charge >= 0.3 is 6.18 Å². The lowest BCUT2D eigenvalue weighted by Gasteiger charge is -2.16. The van der Waals surface area contributed by atoms with Gasteiger partial charge in [-0.05, 0) is 54.1 Å². The molecule has 3 aromatic carbocycles. The van der Waals surface area contributed by atoms with Gasteiger partial charge in [0.1, 0.15) is 16.0 Å². The molecule has 4 rings (SSSR count). The highest BCUT2D eigenvalue weighted by atomic mass is 35.5. The molecule has 2 N–H and O–H groups in total. The highest BCUT2D eigenvalue weighted by molar-refractivity contribution is 6.53. The van der Waals surface area contributed by atoms with E-state index in [4.69, 9.17) is 46.4 Å². The summed E-state index contributed by atoms with van der Waals surface area (Å²) >= 11 is 24.2. The molecule has 0 radical (unpaired) electrons. The molecule has 37 heavy (non-hydrogen) atoms. The molecule has 0 spiro atoms. The summed E-state index contributed by atoms with van der Waals surface area (Å²) in [6.45, 7) is 0. The van der Waals surface area contributed by atoms with E-state index in [0.29, 0.717) is 11.6 Å². The van der Waals surface area contributed by atoms with Crippen LogP contribution in [0.15, 0.2) is 54.6 Å². The summed E-state index contributed by atoms with van der Waals surface area (Å²) in [5, 5.41) is 3.48. The molecule has 0 aromatic heterocycles. The van der Waals surface area contributed by atoms with Crippen molar-refractivity contribution in [2.45, 2.75) is 16.4 Å². The van der Waals surface area contributed by atoms with E-state index >= 15 is 0 Å². The Bertz CT molecular complexity index is 1400. The van der Waals surface area contributed by atoms with Crippen LogP contribution in [0, 0.1) is 17.6 Å². The number of hydrogen-bond acceptors (Lipinski definition) is 2. The first-order chi connectivity index (χ1) is 17.2. The van der Waals surface area contributed by atoms with Gasteiger partial charge in [-0.1, -0.05) is 29.3 Å². The fraction of sp³-hybridized carbons (Fsp3) is 0.167. The van der Waals surface area contributed by atoms with Crippen molar-refractivity contribution in [2.24, 2.45) is 5.92 Å². The molecule has 2 atom stereocenters. The third-order valence-electron chi connectivity index (χ3n) is 5.63. The van der Waals surface area contributed by atoms with Crippen molar-refractivity contribution in [3.8, 4) is 0 Å². The Labute approximate surface area is 226 Å². The molecule has 2 amide bonds. The van der Waals surface area contributed by atoms with Crippen molar-refractivity contribution in [1.29, 1.82) is 0 Å². The summed E-state index contributed by atoms with van der Waals surface area (Å²) in [6.07, 6.45) is -4.97. The molecule has 1 aliphatic rings. The Morgan fingerprint density at radius 3 is 2.11 bits per heavy atom. The molecule has 13 heteroatoms. The second-order valence-electron chi connectivity index (χ2n) is 8.14. The topological polar surface area (TPSA) is 58.2 Å². The van der Waals surface area contributed by atoms with E-state index in [1.165, 1.54) is 24.3 Å². The van der Waals surface area contributed by atoms with Gasteiger partial charge in [-0.3, -0.25) is 9.59 Å². The number of rotatable bonds is 5. The first kappa shape index (κ1) is 27.4. The maximum atomic E-state index is 13.7. The third kappa shape index (κ3) is 5.65. The molecule has 1 saturated carbocycles. The number of anilines is 2. The van der Waals surface area contributed by atoms with Gasteiger partial charge in [0, 0.05) is 17.3 Å². The minimum atomic E-state index is -4.97. The van der Waals surface area contributed by atoms with Gasteiger partial charge in [0.2, 0.25) is 5.91 Å². The molecule has 194 valence electrons. The van der Waals surface area contributed by atoms with Crippen LogP contribution in [0.4, 0.5) is 33.3 Å². The smallest absolute Gasteiger partial charge is 0.326 e. The van der Waals surface area contributed by atoms with Crippen molar-refractivity contribution >= 4 is 69.6 Å². The van der Waals surface area contributed by atoms with Crippen LogP contribution in [0.1, 0.15) is 27.4 Å². The number of nitrogens with one attached hydrogen (secondary N) is 2. The maximum Gasteiger partial charge on any atom is 0.417 e. The van der Waals surface area contributed by atoms with E-state index in [9.17, 15) is 31.5 Å². The molecular formula is C24H13Cl4F5N2O2. The van der Waals surface area contributed by atoms with Gasteiger partial charge in [-0.25, -0.2) is 8.78 Å². The number of benzene rings is 3. The highest BCUT2D eigenvalue weighted by Crippen LogP contribution is 2.65. The van der Waals surface area contributed by atoms with Crippen molar-refractivity contribution in [3.63, 3.8) is 0 Å². The second kappa shape index (κ2) is 9.94. The van der Waals surface area contributed by atoms with Crippen molar-refractivity contribution in [3.05, 3.63) is 93.0 Å². The van der Waals surface area contributed by atoms with E-state index in [0.717, 1.165) is 24.3 Å². The summed E-state index contributed by atoms with van der Waals surface area (Å²) in [5.41, 5.74) is -1.94. The summed E-state index contributed by atoms with van der Waals surface area (Å²) in [7, 11) is 0. The predicted octanol–water partition coefficient (Wildman–Crippen LogP) is 8.07. The average molecular weight is 598 g/mol. The number of halogens is 9. The monoisotopic (exact) mass is 596 g/mol. The van der Waals surface area contributed by atoms with Crippen LogP contribution >= 0.6 is 46.4 Å². The fourth-order valence-electron chi connectivity index (χ4n) is 3.79. The van der Waals surface area contributed by atoms with Crippen molar-refractivity contribution < 1.29 is 31.5 Å². The molecule has 0 bridgehead atoms. The van der Waals surface area contributed by atoms with Crippen LogP contribution in [0.3, 0.4) is 0 Å². The molecule has 0 saturated heterocycles. The third-order valence-corrected chi connectivity index (χ3v) is 7.27. The molecule has 1 fully saturated rings. The Kier molecular flexibility index (Phi) is 7.38. The van der Waals surface area contributed by atoms with Crippen LogP contribution in [0.25, 0.3) is 0 Å². The standard InChI is InChI=1S/C24H13Cl4F5N2O2/c25-16-7-10(1-6-17(16)30)18-19(23(18,27)28)22(37)35-13-8-14(20(26)15(9-13)24(31,32)33)21(36)34-12-4-2-11(29)3-5-12/h1-9,18-19H,(H,34,36)(H,35,37). The van der Waals surface area contributed by atoms with E-state index in [1.807, 2.05) is 0 Å². The van der Waals surface area contributed by atoms with E-state index in [-0.39, 0.29) is 10.7 Å². The van der Waals surface area contributed by atoms with Crippen molar-refractivity contribution in [1.82, 2.24) is 0 Å². The zero-order valence-corrected chi connectivity index (χ0v) is 21.1. The van der Waals surface area contributed by atoms with Crippen LogP contribution in [-0.4, -0.2) is 16.1 Å². The summed E-state index contributed by atoms with van der Waals surface area (Å²) in [6, 6.07) is 9.64. The van der Waals surface area contributed by atoms with Gasteiger partial charge < -0.3 is 10.6 Å². The van der Waals surface area contributed by atoms with E-state index in [1.54, 1.807) is 0 Å². The minimum Gasteiger partial charge on any atom is -0.326 e. The van der Waals surface area contributed by atoms with Crippen LogP contribution in [0.2, 0.25) is 10.0 Å². The van der Waals surface area contributed by atoms with E-state index in [2.05, 4.69) is 10.6 Å². The predicted molar refractivity (Wildman–Crippen MR) is 132 cm³/mol. The van der Waals surface area contributed by atoms with Crippen LogP contribution < -0.4 is 10.6 Å². The lowest BCUT2D eigenvalue weighted by molar-refractivity contribution is -0.137. The maximum absolute atomic E-state index is 13.7. The number of carbonyl (C=O) groups excluding carboxylic acids is 2. The lowest BCUT2D eigenvalue weighted by atomic mass is 10.1. The van der Waals surface area contributed by atoms with Gasteiger partial charge in [-0.15, -0.1) is 23.2 Å². The molecule has 0 aliphatic heterocycles. The second-order valence-corrected chi connectivity index (χ2v) is 10.4. The first-order valence-electron chi connectivity index (χ1n) is 10.3. The van der Waals surface area contributed by atoms with Gasteiger partial charge in [0.25, 0.3) is 5.91 Å². The van der Waals surface area contributed by atoms with Gasteiger partial charge in [0.05, 0.1) is 27.1 Å². The fourth-order valence-corrected chi connectivity index (χ4v) is 5.11. The quantitative estimate of drug-likeness (QED) is 0.231. The van der Waals surface area contributed by atoms with Crippen LogP contribution in [-0.2, 0) is 11.0 Å². The molecule has 4 nitrogen and oxygen atoms in total. The summed E-state index contributed by atoms with van der Waals surface area (Å²) in [5.74, 6) is -5.13. The zero-order chi connectivity index (χ0) is 27.3. The molecular weight excluding hydrogens is 585 g/mol. The Hall–Kier alpha value is -2.59. The molecule has 1 aliphatic carbocycles. The van der Waals surface area contributed by atoms with Crippen molar-refractivity contribution in [2.75, 3.05) is 10.6 Å². The van der Waals surface area contributed by atoms with Gasteiger partial charge in [0.15, 0.2) is 0 Å². The zero-order valence-electron chi connectivity index (χ0n) is 18.1. The lowest BCUT2D eigenvalue weighted by Crippen LogP contribution is -2.20. The Morgan fingerprint density at radius 1 is 0.865 bits per heavy atom. The van der Waals surface area contributed by atoms with Crippen LogP contribution in [0.5, 0.6) is 0 Å². The normalized spacial score (nSPS) is 18.3. The highest BCUT2D eigenvalue weighted by Gasteiger charge is 2.67. The van der Waals surface area contributed by atoms with E-state index < -0.39 is 67.6 Å². The molecule has 3 aromatic rings. The first-order valence-corrected chi connectivity index (χ1v) is 11.8. The summed E-state index contributed by atoms with van der Waals surface area (Å²) in [4.78, 5) is 25.7. The van der Waals surface area contributed by atoms with Gasteiger partial charge in [-0.2, -0.15) is 13.2 Å².